The molecule has 0 fully saturated rings. The topological polar surface area (TPSA) is 91.2 Å². The molecule has 0 spiro atoms. The van der Waals surface area contributed by atoms with E-state index in [0.29, 0.717) is 16.9 Å². The summed E-state index contributed by atoms with van der Waals surface area (Å²) in [6, 6.07) is 15.6. The molecule has 0 unspecified atom stereocenters. The predicted octanol–water partition coefficient (Wildman–Crippen LogP) is 2.70. The summed E-state index contributed by atoms with van der Waals surface area (Å²) in [4.78, 5) is 23.7. The van der Waals surface area contributed by atoms with Crippen molar-refractivity contribution in [2.24, 2.45) is 0 Å². The number of hydrogen-bond donors (Lipinski definition) is 2. The average Bonchev–Trinajstić information content (AvgIpc) is 2.64. The van der Waals surface area contributed by atoms with Crippen LogP contribution in [0.1, 0.15) is 42.3 Å². The SMILES string of the molecule is CC(C)(C)c1ccc(OCC(=O)NNC(=O)c2ccc(C#N)cc2)cc1. The van der Waals surface area contributed by atoms with Gasteiger partial charge in [-0.2, -0.15) is 5.26 Å². The molecule has 0 atom stereocenters. The summed E-state index contributed by atoms with van der Waals surface area (Å²) in [6.45, 7) is 6.13. The van der Waals surface area contributed by atoms with E-state index in [4.69, 9.17) is 10.00 Å². The zero-order valence-electron chi connectivity index (χ0n) is 15.0. The van der Waals surface area contributed by atoms with Crippen LogP contribution in [-0.4, -0.2) is 18.4 Å². The monoisotopic (exact) mass is 351 g/mol. The Morgan fingerprint density at radius 3 is 2.15 bits per heavy atom. The van der Waals surface area contributed by atoms with Crippen LogP contribution in [0.25, 0.3) is 0 Å². The number of nitrogens with one attached hydrogen (secondary N) is 2. The van der Waals surface area contributed by atoms with E-state index in [0.717, 1.165) is 0 Å². The zero-order chi connectivity index (χ0) is 19.2. The van der Waals surface area contributed by atoms with Gasteiger partial charge in [-0.15, -0.1) is 0 Å². The normalized spacial score (nSPS) is 10.5. The van der Waals surface area contributed by atoms with Crippen LogP contribution < -0.4 is 15.6 Å². The van der Waals surface area contributed by atoms with Crippen molar-refractivity contribution < 1.29 is 14.3 Å². The van der Waals surface area contributed by atoms with Crippen LogP contribution in [0, 0.1) is 11.3 Å². The summed E-state index contributed by atoms with van der Waals surface area (Å²) in [5.41, 5.74) is 6.60. The Balaban J connectivity index is 1.79. The van der Waals surface area contributed by atoms with Gasteiger partial charge in [0, 0.05) is 5.56 Å². The molecule has 0 bridgehead atoms. The molecule has 6 nitrogen and oxygen atoms in total. The van der Waals surface area contributed by atoms with E-state index in [1.165, 1.54) is 29.8 Å². The Morgan fingerprint density at radius 1 is 1.00 bits per heavy atom. The number of hydrogen-bond acceptors (Lipinski definition) is 4. The van der Waals surface area contributed by atoms with Crippen LogP contribution in [0.15, 0.2) is 48.5 Å². The molecule has 2 aromatic rings. The van der Waals surface area contributed by atoms with Gasteiger partial charge >= 0.3 is 0 Å². The lowest BCUT2D eigenvalue weighted by Crippen LogP contribution is -2.43. The van der Waals surface area contributed by atoms with E-state index in [-0.39, 0.29) is 12.0 Å². The molecular weight excluding hydrogens is 330 g/mol. The van der Waals surface area contributed by atoms with Crippen LogP contribution in [0.3, 0.4) is 0 Å². The number of ether oxygens (including phenoxy) is 1. The number of carbonyl (C=O) groups is 2. The van der Waals surface area contributed by atoms with Gasteiger partial charge in [-0.1, -0.05) is 32.9 Å². The van der Waals surface area contributed by atoms with Crippen molar-refractivity contribution in [2.75, 3.05) is 6.61 Å². The maximum absolute atomic E-state index is 11.9. The highest BCUT2D eigenvalue weighted by atomic mass is 16.5. The summed E-state index contributed by atoms with van der Waals surface area (Å²) in [5, 5.41) is 8.73. The Labute approximate surface area is 152 Å². The van der Waals surface area contributed by atoms with Crippen molar-refractivity contribution in [3.05, 3.63) is 65.2 Å². The molecule has 6 heteroatoms. The summed E-state index contributed by atoms with van der Waals surface area (Å²) >= 11 is 0. The summed E-state index contributed by atoms with van der Waals surface area (Å²) in [5.74, 6) is -0.379. The second-order valence-corrected chi connectivity index (χ2v) is 6.75. The lowest BCUT2D eigenvalue weighted by atomic mass is 9.87. The minimum absolute atomic E-state index is 0.0473. The Bertz CT molecular complexity index is 813. The van der Waals surface area contributed by atoms with Gasteiger partial charge in [0.2, 0.25) is 0 Å². The van der Waals surface area contributed by atoms with Crippen molar-refractivity contribution in [1.29, 1.82) is 5.26 Å². The van der Waals surface area contributed by atoms with Gasteiger partial charge in [-0.3, -0.25) is 20.4 Å². The maximum Gasteiger partial charge on any atom is 0.276 e. The number of nitrogens with zero attached hydrogens (tertiary/aromatic N) is 1. The van der Waals surface area contributed by atoms with Gasteiger partial charge in [-0.25, -0.2) is 0 Å². The highest BCUT2D eigenvalue weighted by Gasteiger charge is 2.13. The van der Waals surface area contributed by atoms with Crippen molar-refractivity contribution in [3.8, 4) is 11.8 Å². The Morgan fingerprint density at radius 2 is 1.62 bits per heavy atom. The first-order chi connectivity index (χ1) is 12.3. The van der Waals surface area contributed by atoms with Gasteiger partial charge in [0.25, 0.3) is 11.8 Å². The summed E-state index contributed by atoms with van der Waals surface area (Å²) in [7, 11) is 0. The van der Waals surface area contributed by atoms with E-state index in [1.54, 1.807) is 0 Å². The minimum Gasteiger partial charge on any atom is -0.484 e. The van der Waals surface area contributed by atoms with Crippen LogP contribution in [-0.2, 0) is 10.2 Å². The predicted molar refractivity (Wildman–Crippen MR) is 97.4 cm³/mol. The molecule has 0 saturated heterocycles. The standard InChI is InChI=1S/C20H21N3O3/c1-20(2,3)16-8-10-17(11-9-16)26-13-18(24)22-23-19(25)15-6-4-14(12-21)5-7-15/h4-11H,13H2,1-3H3,(H,22,24)(H,23,25). The molecule has 0 aliphatic rings. The van der Waals surface area contributed by atoms with Gasteiger partial charge < -0.3 is 4.74 Å². The molecule has 0 aliphatic heterocycles. The first kappa shape index (κ1) is 19.0. The molecule has 2 aromatic carbocycles. The Hall–Kier alpha value is -3.33. The third-order valence-corrected chi connectivity index (χ3v) is 3.68. The number of hydrazine groups is 1. The molecule has 134 valence electrons. The molecule has 2 amide bonds. The highest BCUT2D eigenvalue weighted by Crippen LogP contribution is 2.24. The second-order valence-electron chi connectivity index (χ2n) is 6.75. The van der Waals surface area contributed by atoms with E-state index >= 15 is 0 Å². The fraction of sp³-hybridized carbons (Fsp3) is 0.250. The van der Waals surface area contributed by atoms with Crippen molar-refractivity contribution in [2.45, 2.75) is 26.2 Å². The molecule has 0 heterocycles. The molecule has 0 saturated carbocycles. The fourth-order valence-electron chi connectivity index (χ4n) is 2.13. The molecular formula is C20H21N3O3. The smallest absolute Gasteiger partial charge is 0.276 e. The van der Waals surface area contributed by atoms with Crippen LogP contribution in [0.4, 0.5) is 0 Å². The number of amides is 2. The molecule has 2 rings (SSSR count). The molecule has 0 aromatic heterocycles. The van der Waals surface area contributed by atoms with Crippen LogP contribution >= 0.6 is 0 Å². The number of carbonyl (C=O) groups excluding carboxylic acids is 2. The molecule has 0 radical (unpaired) electrons. The number of nitriles is 1. The minimum atomic E-state index is -0.480. The summed E-state index contributed by atoms with van der Waals surface area (Å²) < 4.78 is 5.40. The van der Waals surface area contributed by atoms with E-state index in [1.807, 2.05) is 30.3 Å². The van der Waals surface area contributed by atoms with Crippen LogP contribution in [0.2, 0.25) is 0 Å². The maximum atomic E-state index is 11.9. The lowest BCUT2D eigenvalue weighted by Gasteiger charge is -2.19. The highest BCUT2D eigenvalue weighted by molar-refractivity contribution is 5.95. The van der Waals surface area contributed by atoms with Gasteiger partial charge in [0.05, 0.1) is 11.6 Å². The van der Waals surface area contributed by atoms with Gasteiger partial charge in [-0.05, 0) is 47.4 Å². The van der Waals surface area contributed by atoms with Gasteiger partial charge in [0.15, 0.2) is 6.61 Å². The third kappa shape index (κ3) is 5.35. The van der Waals surface area contributed by atoms with E-state index in [9.17, 15) is 9.59 Å². The largest absolute Gasteiger partial charge is 0.484 e. The number of rotatable bonds is 4. The molecule has 26 heavy (non-hydrogen) atoms. The van der Waals surface area contributed by atoms with E-state index < -0.39 is 11.8 Å². The Kier molecular flexibility index (Phi) is 5.97. The van der Waals surface area contributed by atoms with E-state index in [2.05, 4.69) is 31.6 Å². The first-order valence-electron chi connectivity index (χ1n) is 8.12. The average molecular weight is 351 g/mol. The summed E-state index contributed by atoms with van der Waals surface area (Å²) in [6.07, 6.45) is 0. The molecule has 0 aliphatic carbocycles. The lowest BCUT2D eigenvalue weighted by molar-refractivity contribution is -0.123. The first-order valence-corrected chi connectivity index (χ1v) is 8.12. The second kappa shape index (κ2) is 8.17. The zero-order valence-corrected chi connectivity index (χ0v) is 15.0. The van der Waals surface area contributed by atoms with Crippen LogP contribution in [0.5, 0.6) is 5.75 Å². The van der Waals surface area contributed by atoms with Crippen molar-refractivity contribution >= 4 is 11.8 Å². The molecule has 2 N–H and O–H groups in total. The quantitative estimate of drug-likeness (QED) is 0.829. The van der Waals surface area contributed by atoms with Crippen molar-refractivity contribution in [3.63, 3.8) is 0 Å². The fourth-order valence-corrected chi connectivity index (χ4v) is 2.13. The van der Waals surface area contributed by atoms with Crippen molar-refractivity contribution in [1.82, 2.24) is 10.9 Å². The third-order valence-electron chi connectivity index (χ3n) is 3.68. The van der Waals surface area contributed by atoms with Gasteiger partial charge in [0.1, 0.15) is 5.75 Å². The number of benzene rings is 2.